The molecule has 3 amide bonds. The van der Waals surface area contributed by atoms with Crippen LogP contribution in [-0.4, -0.2) is 60.5 Å². The van der Waals surface area contributed by atoms with E-state index >= 15 is 0 Å². The summed E-state index contributed by atoms with van der Waals surface area (Å²) in [6.45, 7) is 9.62. The van der Waals surface area contributed by atoms with E-state index in [1.54, 1.807) is 16.7 Å². The van der Waals surface area contributed by atoms with Crippen molar-refractivity contribution in [2.24, 2.45) is 0 Å². The molecule has 2 rings (SSSR count). The van der Waals surface area contributed by atoms with Crippen LogP contribution in [-0.2, 0) is 14.3 Å². The second-order valence-electron chi connectivity index (χ2n) is 6.57. The number of benzene rings is 1. The number of nitrogens with one attached hydrogen (secondary N) is 1. The number of hydrogen-bond donors (Lipinski definition) is 1. The molecule has 0 bridgehead atoms. The number of carbonyl (C=O) groups excluding carboxylic acids is 3. The normalized spacial score (nSPS) is 14.2. The topological polar surface area (TPSA) is 79.0 Å². The number of nitrogens with zero attached hydrogens (tertiary/aromatic N) is 2. The molecule has 7 heteroatoms. The SMILES string of the molecule is CCOC(=O)N1CCN(C(=O)CC(=O)Nc2c(C)cc(C)cc2C)CC1. The number of rotatable bonds is 4. The van der Waals surface area contributed by atoms with Crippen molar-refractivity contribution < 1.29 is 19.1 Å². The first kappa shape index (κ1) is 19.8. The minimum absolute atomic E-state index is 0.202. The van der Waals surface area contributed by atoms with E-state index in [9.17, 15) is 14.4 Å². The Morgan fingerprint density at radius 2 is 1.54 bits per heavy atom. The predicted molar refractivity (Wildman–Crippen MR) is 99.1 cm³/mol. The van der Waals surface area contributed by atoms with Gasteiger partial charge in [-0.1, -0.05) is 17.7 Å². The Morgan fingerprint density at radius 1 is 1.00 bits per heavy atom. The highest BCUT2D eigenvalue weighted by atomic mass is 16.6. The lowest BCUT2D eigenvalue weighted by Gasteiger charge is -2.34. The molecule has 0 aromatic heterocycles. The van der Waals surface area contributed by atoms with Crippen LogP contribution in [0.2, 0.25) is 0 Å². The second kappa shape index (κ2) is 8.69. The zero-order chi connectivity index (χ0) is 19.3. The van der Waals surface area contributed by atoms with Crippen LogP contribution in [0.5, 0.6) is 0 Å². The highest BCUT2D eigenvalue weighted by molar-refractivity contribution is 6.04. The predicted octanol–water partition coefficient (Wildman–Crippen LogP) is 2.24. The van der Waals surface area contributed by atoms with E-state index in [-0.39, 0.29) is 24.3 Å². The van der Waals surface area contributed by atoms with E-state index < -0.39 is 0 Å². The van der Waals surface area contributed by atoms with Gasteiger partial charge in [-0.2, -0.15) is 0 Å². The third-order valence-electron chi connectivity index (χ3n) is 4.41. The number of amides is 3. The van der Waals surface area contributed by atoms with E-state index in [1.807, 2.05) is 32.9 Å². The Morgan fingerprint density at radius 3 is 2.08 bits per heavy atom. The number of ether oxygens (including phenoxy) is 1. The van der Waals surface area contributed by atoms with Crippen molar-refractivity contribution in [3.05, 3.63) is 28.8 Å². The van der Waals surface area contributed by atoms with Crippen LogP contribution in [0.4, 0.5) is 10.5 Å². The first-order valence-electron chi connectivity index (χ1n) is 8.89. The molecular formula is C19H27N3O4. The molecule has 1 aromatic carbocycles. The summed E-state index contributed by atoms with van der Waals surface area (Å²) in [5.74, 6) is -0.550. The van der Waals surface area contributed by atoms with Crippen LogP contribution < -0.4 is 5.32 Å². The van der Waals surface area contributed by atoms with Crippen molar-refractivity contribution in [1.82, 2.24) is 9.80 Å². The van der Waals surface area contributed by atoms with Crippen LogP contribution in [0.15, 0.2) is 12.1 Å². The van der Waals surface area contributed by atoms with E-state index in [1.165, 1.54) is 0 Å². The quantitative estimate of drug-likeness (QED) is 0.834. The zero-order valence-electron chi connectivity index (χ0n) is 15.9. The smallest absolute Gasteiger partial charge is 0.409 e. The minimum atomic E-state index is -0.359. The lowest BCUT2D eigenvalue weighted by atomic mass is 10.0. The zero-order valence-corrected chi connectivity index (χ0v) is 15.9. The maximum atomic E-state index is 12.4. The summed E-state index contributed by atoms with van der Waals surface area (Å²) in [5.41, 5.74) is 3.85. The average molecular weight is 361 g/mol. The standard InChI is InChI=1S/C19H27N3O4/c1-5-26-19(25)22-8-6-21(7-9-22)17(24)12-16(23)20-18-14(3)10-13(2)11-15(18)4/h10-11H,5-9,12H2,1-4H3,(H,20,23). The van der Waals surface area contributed by atoms with E-state index in [2.05, 4.69) is 5.32 Å². The maximum Gasteiger partial charge on any atom is 0.409 e. The highest BCUT2D eigenvalue weighted by Crippen LogP contribution is 2.22. The summed E-state index contributed by atoms with van der Waals surface area (Å²) in [7, 11) is 0. The number of aryl methyl sites for hydroxylation is 3. The molecule has 142 valence electrons. The Kier molecular flexibility index (Phi) is 6.60. The fourth-order valence-corrected chi connectivity index (χ4v) is 3.16. The highest BCUT2D eigenvalue weighted by Gasteiger charge is 2.26. The molecule has 0 radical (unpaired) electrons. The largest absolute Gasteiger partial charge is 0.450 e. The van der Waals surface area contributed by atoms with Crippen molar-refractivity contribution in [1.29, 1.82) is 0 Å². The van der Waals surface area contributed by atoms with Gasteiger partial charge in [0.1, 0.15) is 6.42 Å². The molecule has 0 saturated carbocycles. The third kappa shape index (κ3) is 4.97. The van der Waals surface area contributed by atoms with Crippen molar-refractivity contribution in [3.63, 3.8) is 0 Å². The lowest BCUT2D eigenvalue weighted by Crippen LogP contribution is -2.51. The van der Waals surface area contributed by atoms with Crippen molar-refractivity contribution >= 4 is 23.6 Å². The van der Waals surface area contributed by atoms with Crippen molar-refractivity contribution in [2.75, 3.05) is 38.1 Å². The average Bonchev–Trinajstić information content (AvgIpc) is 2.58. The van der Waals surface area contributed by atoms with Crippen LogP contribution in [0.25, 0.3) is 0 Å². The third-order valence-corrected chi connectivity index (χ3v) is 4.41. The van der Waals surface area contributed by atoms with E-state index in [0.29, 0.717) is 32.8 Å². The molecule has 1 aromatic rings. The van der Waals surface area contributed by atoms with Gasteiger partial charge in [0.25, 0.3) is 0 Å². The number of anilines is 1. The number of hydrogen-bond acceptors (Lipinski definition) is 4. The van der Waals surface area contributed by atoms with Crippen LogP contribution in [0, 0.1) is 20.8 Å². The minimum Gasteiger partial charge on any atom is -0.450 e. The molecule has 0 atom stereocenters. The molecule has 1 aliphatic rings. The first-order chi connectivity index (χ1) is 12.3. The molecule has 7 nitrogen and oxygen atoms in total. The molecule has 0 aliphatic carbocycles. The van der Waals surface area contributed by atoms with Gasteiger partial charge in [0.2, 0.25) is 11.8 Å². The molecular weight excluding hydrogens is 334 g/mol. The maximum absolute atomic E-state index is 12.4. The fraction of sp³-hybridized carbons (Fsp3) is 0.526. The molecule has 1 saturated heterocycles. The van der Waals surface area contributed by atoms with Gasteiger partial charge < -0.3 is 19.9 Å². The van der Waals surface area contributed by atoms with E-state index in [4.69, 9.17) is 4.74 Å². The summed E-state index contributed by atoms with van der Waals surface area (Å²) < 4.78 is 4.96. The number of carbonyl (C=O) groups is 3. The molecule has 1 fully saturated rings. The summed E-state index contributed by atoms with van der Waals surface area (Å²) >= 11 is 0. The van der Waals surface area contributed by atoms with Gasteiger partial charge in [0.05, 0.1) is 6.61 Å². The van der Waals surface area contributed by atoms with Gasteiger partial charge in [-0.25, -0.2) is 4.79 Å². The van der Waals surface area contributed by atoms with Gasteiger partial charge >= 0.3 is 6.09 Å². The Bertz CT molecular complexity index is 671. The molecule has 1 N–H and O–H groups in total. The Balaban J connectivity index is 1.87. The van der Waals surface area contributed by atoms with Crippen LogP contribution >= 0.6 is 0 Å². The van der Waals surface area contributed by atoms with Crippen LogP contribution in [0.3, 0.4) is 0 Å². The van der Waals surface area contributed by atoms with Crippen molar-refractivity contribution in [3.8, 4) is 0 Å². The van der Waals surface area contributed by atoms with Crippen LogP contribution in [0.1, 0.15) is 30.0 Å². The Labute approximate surface area is 154 Å². The lowest BCUT2D eigenvalue weighted by molar-refractivity contribution is -0.135. The van der Waals surface area contributed by atoms with Gasteiger partial charge in [-0.05, 0) is 38.8 Å². The summed E-state index contributed by atoms with van der Waals surface area (Å²) in [6, 6.07) is 4.00. The summed E-state index contributed by atoms with van der Waals surface area (Å²) in [6.07, 6.45) is -0.561. The molecule has 0 spiro atoms. The van der Waals surface area contributed by atoms with Crippen molar-refractivity contribution in [2.45, 2.75) is 34.1 Å². The fourth-order valence-electron chi connectivity index (χ4n) is 3.16. The number of piperazine rings is 1. The van der Waals surface area contributed by atoms with Gasteiger partial charge in [-0.3, -0.25) is 9.59 Å². The summed E-state index contributed by atoms with van der Waals surface area (Å²) in [4.78, 5) is 39.5. The van der Waals surface area contributed by atoms with E-state index in [0.717, 1.165) is 22.4 Å². The molecule has 26 heavy (non-hydrogen) atoms. The molecule has 1 heterocycles. The van der Waals surface area contributed by atoms with Gasteiger partial charge in [0, 0.05) is 31.9 Å². The monoisotopic (exact) mass is 361 g/mol. The second-order valence-corrected chi connectivity index (χ2v) is 6.57. The first-order valence-corrected chi connectivity index (χ1v) is 8.89. The Hall–Kier alpha value is -2.57. The molecule has 1 aliphatic heterocycles. The van der Waals surface area contributed by atoms with Gasteiger partial charge in [0.15, 0.2) is 0 Å². The molecule has 0 unspecified atom stereocenters. The van der Waals surface area contributed by atoms with Gasteiger partial charge in [-0.15, -0.1) is 0 Å². The summed E-state index contributed by atoms with van der Waals surface area (Å²) in [5, 5.41) is 2.85.